The number of nitrogens with zero attached hydrogens (tertiary/aromatic N) is 6. The summed E-state index contributed by atoms with van der Waals surface area (Å²) in [6.45, 7) is 11.6. The number of carbonyl (C=O) groups excluding carboxylic acids is 1. The summed E-state index contributed by atoms with van der Waals surface area (Å²) in [4.78, 5) is 30.9. The van der Waals surface area contributed by atoms with Crippen LogP contribution >= 0.6 is 31.9 Å². The van der Waals surface area contributed by atoms with Gasteiger partial charge in [-0.05, 0) is 50.1 Å². The minimum absolute atomic E-state index is 0.162. The summed E-state index contributed by atoms with van der Waals surface area (Å²) in [5, 5.41) is 16.3. The van der Waals surface area contributed by atoms with Gasteiger partial charge in [0, 0.05) is 10.8 Å². The highest BCUT2D eigenvalue weighted by Gasteiger charge is 2.29. The number of anilines is 2. The molecule has 35 heavy (non-hydrogen) atoms. The number of hydrogen-bond acceptors (Lipinski definition) is 7. The van der Waals surface area contributed by atoms with Gasteiger partial charge < -0.3 is 10.6 Å². The van der Waals surface area contributed by atoms with Crippen LogP contribution in [0.2, 0.25) is 0 Å². The van der Waals surface area contributed by atoms with Gasteiger partial charge in [0.2, 0.25) is 5.91 Å². The third kappa shape index (κ3) is 4.86. The van der Waals surface area contributed by atoms with E-state index in [0.29, 0.717) is 39.2 Å². The van der Waals surface area contributed by atoms with Gasteiger partial charge in [-0.2, -0.15) is 5.26 Å². The second-order valence-corrected chi connectivity index (χ2v) is 11.8. The lowest BCUT2D eigenvalue weighted by atomic mass is 9.94. The molecule has 0 saturated heterocycles. The standard InChI is InChI=1S/C24H24Br2N8O/c1-23(2,3)21-32-18-12(11-27)17(31-19-13(25)10-14(26)20(33-21)34(18)19)29-15-8-7-9-16(28-15)30-22(35)24(4,5)6/h7-10H,1-6H3,(H,32,33)(H,28,30,35)/b29-17+. The number of amides is 1. The number of carbonyl (C=O) groups is 1. The summed E-state index contributed by atoms with van der Waals surface area (Å²) < 4.78 is 3.24. The van der Waals surface area contributed by atoms with Crippen LogP contribution in [0.4, 0.5) is 23.3 Å². The number of amidine groups is 1. The predicted octanol–water partition coefficient (Wildman–Crippen LogP) is 5.84. The fourth-order valence-electron chi connectivity index (χ4n) is 3.22. The second-order valence-electron chi connectivity index (χ2n) is 10.1. The average molecular weight is 600 g/mol. The van der Waals surface area contributed by atoms with Crippen molar-refractivity contribution in [2.75, 3.05) is 10.6 Å². The first-order valence-corrected chi connectivity index (χ1v) is 12.4. The quantitative estimate of drug-likeness (QED) is 0.383. The first-order chi connectivity index (χ1) is 16.3. The van der Waals surface area contributed by atoms with Crippen LogP contribution in [-0.4, -0.2) is 26.1 Å². The molecular formula is C24H24Br2N8O. The van der Waals surface area contributed by atoms with Crippen LogP contribution in [0.25, 0.3) is 5.65 Å². The molecule has 1 amide bonds. The van der Waals surface area contributed by atoms with E-state index in [2.05, 4.69) is 63.5 Å². The lowest BCUT2D eigenvalue weighted by Gasteiger charge is -2.29. The minimum atomic E-state index is -0.571. The first-order valence-electron chi connectivity index (χ1n) is 10.8. The van der Waals surface area contributed by atoms with Crippen LogP contribution in [0.5, 0.6) is 0 Å². The molecule has 0 spiro atoms. The Labute approximate surface area is 219 Å². The Kier molecular flexibility index (Phi) is 6.32. The fourth-order valence-corrected chi connectivity index (χ4v) is 4.51. The molecular weight excluding hydrogens is 576 g/mol. The lowest BCUT2D eigenvalue weighted by Crippen LogP contribution is -2.33. The van der Waals surface area contributed by atoms with Gasteiger partial charge in [-0.15, -0.1) is 0 Å². The summed E-state index contributed by atoms with van der Waals surface area (Å²) in [5.74, 6) is 2.37. The number of hydrogen-bond donors (Lipinski definition) is 2. The van der Waals surface area contributed by atoms with Gasteiger partial charge in [-0.25, -0.2) is 20.0 Å². The van der Waals surface area contributed by atoms with Gasteiger partial charge >= 0.3 is 0 Å². The van der Waals surface area contributed by atoms with E-state index in [9.17, 15) is 10.1 Å². The van der Waals surface area contributed by atoms with Gasteiger partial charge in [0.15, 0.2) is 22.8 Å². The molecule has 0 aromatic carbocycles. The highest BCUT2D eigenvalue weighted by molar-refractivity contribution is 9.11. The third-order valence-corrected chi connectivity index (χ3v) is 6.32. The Morgan fingerprint density at radius 1 is 1.14 bits per heavy atom. The highest BCUT2D eigenvalue weighted by atomic mass is 79.9. The molecule has 1 aliphatic heterocycles. The van der Waals surface area contributed by atoms with Crippen LogP contribution in [0, 0.1) is 22.2 Å². The molecule has 3 aromatic heterocycles. The Morgan fingerprint density at radius 3 is 2.49 bits per heavy atom. The molecule has 0 bridgehead atoms. The van der Waals surface area contributed by atoms with E-state index in [-0.39, 0.29) is 22.4 Å². The van der Waals surface area contributed by atoms with Crippen molar-refractivity contribution in [3.05, 3.63) is 44.3 Å². The molecule has 11 heteroatoms. The van der Waals surface area contributed by atoms with E-state index in [1.54, 1.807) is 22.6 Å². The van der Waals surface area contributed by atoms with Crippen LogP contribution in [0.15, 0.2) is 43.2 Å². The van der Waals surface area contributed by atoms with Crippen molar-refractivity contribution in [2.45, 2.75) is 41.5 Å². The van der Waals surface area contributed by atoms with Crippen molar-refractivity contribution in [3.63, 3.8) is 0 Å². The summed E-state index contributed by atoms with van der Waals surface area (Å²) in [6, 6.07) is 9.23. The predicted molar refractivity (Wildman–Crippen MR) is 143 cm³/mol. The number of pyridine rings is 2. The topological polar surface area (TPSA) is 120 Å². The molecule has 9 nitrogen and oxygen atoms in total. The Hall–Kier alpha value is -3.10. The van der Waals surface area contributed by atoms with Gasteiger partial charge in [0.1, 0.15) is 29.1 Å². The smallest absolute Gasteiger partial charge is 0.230 e. The number of aliphatic imine (C=N–C) groups is 1. The van der Waals surface area contributed by atoms with Crippen LogP contribution in [-0.2, 0) is 4.79 Å². The van der Waals surface area contributed by atoms with Crippen molar-refractivity contribution < 1.29 is 4.79 Å². The van der Waals surface area contributed by atoms with Crippen molar-refractivity contribution in [1.29, 1.82) is 5.26 Å². The van der Waals surface area contributed by atoms with Gasteiger partial charge in [0.25, 0.3) is 0 Å². The molecule has 0 aliphatic carbocycles. The minimum Gasteiger partial charge on any atom is -0.328 e. The maximum absolute atomic E-state index is 12.4. The van der Waals surface area contributed by atoms with Crippen LogP contribution < -0.4 is 16.1 Å². The van der Waals surface area contributed by atoms with Gasteiger partial charge in [0.05, 0.1) is 8.95 Å². The van der Waals surface area contributed by atoms with E-state index < -0.39 is 5.41 Å². The van der Waals surface area contributed by atoms with E-state index in [4.69, 9.17) is 4.99 Å². The summed E-state index contributed by atoms with van der Waals surface area (Å²) in [7, 11) is 0. The molecule has 0 unspecified atom stereocenters. The normalized spacial score (nSPS) is 13.8. The molecule has 180 valence electrons. The maximum Gasteiger partial charge on any atom is 0.230 e. The monoisotopic (exact) mass is 598 g/mol. The lowest BCUT2D eigenvalue weighted by molar-refractivity contribution is -0.123. The molecule has 0 saturated carbocycles. The first kappa shape index (κ1) is 25.0. The van der Waals surface area contributed by atoms with E-state index >= 15 is 0 Å². The highest BCUT2D eigenvalue weighted by Crippen LogP contribution is 2.38. The maximum atomic E-state index is 12.4. The van der Waals surface area contributed by atoms with Crippen molar-refractivity contribution in [2.24, 2.45) is 20.8 Å². The number of aromatic nitrogens is 3. The third-order valence-electron chi connectivity index (χ3n) is 5.15. The Balaban J connectivity index is 1.94. The molecule has 4 rings (SSSR count). The number of halogens is 2. The van der Waals surface area contributed by atoms with Crippen molar-refractivity contribution >= 4 is 72.5 Å². The summed E-state index contributed by atoms with van der Waals surface area (Å²) >= 11 is 7.16. The molecule has 0 fully saturated rings. The zero-order chi connectivity index (χ0) is 25.7. The Morgan fingerprint density at radius 2 is 1.86 bits per heavy atom. The van der Waals surface area contributed by atoms with E-state index in [1.165, 1.54) is 0 Å². The van der Waals surface area contributed by atoms with E-state index in [1.807, 2.05) is 47.6 Å². The molecule has 2 N–H and O–H groups in total. The molecule has 0 radical (unpaired) electrons. The number of nitriles is 1. The molecule has 0 atom stereocenters. The molecule has 1 aliphatic rings. The summed E-state index contributed by atoms with van der Waals surface area (Å²) in [6.07, 6.45) is 0. The SMILES string of the molecule is CC(C)(C)C(=O)Nc1cccc(/N=c2/nc3c(Br)cc(Br)c4n3c(c2C#N)NC(C(C)(C)C)=N4)n1. The second kappa shape index (κ2) is 8.84. The van der Waals surface area contributed by atoms with Crippen molar-refractivity contribution in [3.8, 4) is 6.07 Å². The number of nitrogens with one attached hydrogen (secondary N) is 2. The Bertz CT molecular complexity index is 1520. The van der Waals surface area contributed by atoms with Crippen LogP contribution in [0.3, 0.4) is 0 Å². The zero-order valence-electron chi connectivity index (χ0n) is 20.2. The molecule has 3 aromatic rings. The average Bonchev–Trinajstić information content (AvgIpc) is 2.75. The van der Waals surface area contributed by atoms with E-state index in [0.717, 1.165) is 4.47 Å². The van der Waals surface area contributed by atoms with Gasteiger partial charge in [-0.1, -0.05) is 47.6 Å². The molecule has 4 heterocycles. The van der Waals surface area contributed by atoms with Crippen LogP contribution in [0.1, 0.15) is 47.1 Å². The zero-order valence-corrected chi connectivity index (χ0v) is 23.3. The largest absolute Gasteiger partial charge is 0.328 e. The van der Waals surface area contributed by atoms with Gasteiger partial charge in [-0.3, -0.25) is 9.20 Å². The van der Waals surface area contributed by atoms with Crippen molar-refractivity contribution in [1.82, 2.24) is 14.4 Å². The summed E-state index contributed by atoms with van der Waals surface area (Å²) in [5.41, 5.74) is 0.115. The fraction of sp³-hybridized carbons (Fsp3) is 0.333. The number of rotatable bonds is 2.